The molecule has 1 aliphatic heterocycles. The highest BCUT2D eigenvalue weighted by atomic mass is 16.3. The Morgan fingerprint density at radius 1 is 1.40 bits per heavy atom. The summed E-state index contributed by atoms with van der Waals surface area (Å²) in [4.78, 5) is 2.14. The van der Waals surface area contributed by atoms with E-state index in [1.54, 1.807) is 0 Å². The average Bonchev–Trinajstić information content (AvgIpc) is 2.36. The zero-order chi connectivity index (χ0) is 7.40. The van der Waals surface area contributed by atoms with Crippen LogP contribution in [0, 0.1) is 0 Å². The van der Waals surface area contributed by atoms with Gasteiger partial charge in [0.15, 0.2) is 0 Å². The molecule has 0 unspecified atom stereocenters. The smallest absolute Gasteiger partial charge is 0.0586 e. The van der Waals surface area contributed by atoms with Crippen molar-refractivity contribution in [2.75, 3.05) is 26.3 Å². The average molecular weight is 145 g/mol. The topological polar surface area (TPSA) is 43.7 Å². The third-order valence-corrected chi connectivity index (χ3v) is 2.10. The molecule has 2 N–H and O–H groups in total. The Balaban J connectivity index is 2.27. The van der Waals surface area contributed by atoms with Gasteiger partial charge in [0, 0.05) is 12.6 Å². The molecule has 1 atom stereocenters. The summed E-state index contributed by atoms with van der Waals surface area (Å²) in [7, 11) is 0. The Kier molecular flexibility index (Phi) is 3.12. The second kappa shape index (κ2) is 3.91. The molecule has 0 aromatic rings. The van der Waals surface area contributed by atoms with Gasteiger partial charge in [-0.05, 0) is 19.4 Å². The SMILES string of the molecule is OCCN1CCC[C@@H]1CO. The van der Waals surface area contributed by atoms with E-state index in [9.17, 15) is 0 Å². The molecule has 0 radical (unpaired) electrons. The van der Waals surface area contributed by atoms with E-state index in [-0.39, 0.29) is 13.2 Å². The molecule has 1 fully saturated rings. The summed E-state index contributed by atoms with van der Waals surface area (Å²) in [5.74, 6) is 0. The lowest BCUT2D eigenvalue weighted by Gasteiger charge is -2.20. The van der Waals surface area contributed by atoms with E-state index in [1.165, 1.54) is 0 Å². The van der Waals surface area contributed by atoms with Crippen molar-refractivity contribution in [1.29, 1.82) is 0 Å². The van der Waals surface area contributed by atoms with Crippen molar-refractivity contribution in [3.63, 3.8) is 0 Å². The first-order valence-corrected chi connectivity index (χ1v) is 3.84. The second-order valence-corrected chi connectivity index (χ2v) is 2.74. The Hall–Kier alpha value is -0.120. The van der Waals surface area contributed by atoms with Gasteiger partial charge in [0.05, 0.1) is 13.2 Å². The van der Waals surface area contributed by atoms with Gasteiger partial charge >= 0.3 is 0 Å². The first-order valence-electron chi connectivity index (χ1n) is 3.84. The van der Waals surface area contributed by atoms with Crippen LogP contribution in [0.1, 0.15) is 12.8 Å². The van der Waals surface area contributed by atoms with Gasteiger partial charge in [-0.25, -0.2) is 0 Å². The van der Waals surface area contributed by atoms with Crippen LogP contribution in [0.25, 0.3) is 0 Å². The standard InChI is InChI=1S/C7H15NO2/c9-5-4-8-3-1-2-7(8)6-10/h7,9-10H,1-6H2/t7-/m1/s1. The molecule has 1 aliphatic rings. The highest BCUT2D eigenvalue weighted by Gasteiger charge is 2.22. The highest BCUT2D eigenvalue weighted by Crippen LogP contribution is 2.15. The summed E-state index contributed by atoms with van der Waals surface area (Å²) in [6.45, 7) is 2.19. The number of aliphatic hydroxyl groups excluding tert-OH is 2. The molecule has 0 aliphatic carbocycles. The molecule has 3 heteroatoms. The predicted molar refractivity (Wildman–Crippen MR) is 38.8 cm³/mol. The summed E-state index contributed by atoms with van der Waals surface area (Å²) < 4.78 is 0. The van der Waals surface area contributed by atoms with Gasteiger partial charge in [-0.2, -0.15) is 0 Å². The first-order chi connectivity index (χ1) is 4.88. The molecule has 1 saturated heterocycles. The first kappa shape index (κ1) is 7.98. The number of nitrogens with zero attached hydrogens (tertiary/aromatic N) is 1. The van der Waals surface area contributed by atoms with E-state index in [0.717, 1.165) is 19.4 Å². The Morgan fingerprint density at radius 2 is 2.20 bits per heavy atom. The molecule has 0 aromatic carbocycles. The summed E-state index contributed by atoms with van der Waals surface area (Å²) in [6, 6.07) is 0.312. The van der Waals surface area contributed by atoms with Crippen LogP contribution in [0.4, 0.5) is 0 Å². The summed E-state index contributed by atoms with van der Waals surface area (Å²) in [5.41, 5.74) is 0. The molecule has 10 heavy (non-hydrogen) atoms. The molecule has 0 saturated carbocycles. The number of hydrogen-bond acceptors (Lipinski definition) is 3. The molecule has 60 valence electrons. The molecule has 0 aromatic heterocycles. The maximum Gasteiger partial charge on any atom is 0.0586 e. The predicted octanol–water partition coefficient (Wildman–Crippen LogP) is -0.565. The van der Waals surface area contributed by atoms with Crippen LogP contribution in [0.15, 0.2) is 0 Å². The number of aliphatic hydroxyl groups is 2. The minimum absolute atomic E-state index is 0.205. The lowest BCUT2D eigenvalue weighted by Crippen LogP contribution is -2.34. The Morgan fingerprint density at radius 3 is 2.80 bits per heavy atom. The maximum absolute atomic E-state index is 8.84. The van der Waals surface area contributed by atoms with Crippen molar-refractivity contribution in [3.8, 4) is 0 Å². The van der Waals surface area contributed by atoms with Crippen LogP contribution in [-0.2, 0) is 0 Å². The van der Waals surface area contributed by atoms with Crippen molar-refractivity contribution in [1.82, 2.24) is 4.90 Å². The van der Waals surface area contributed by atoms with Crippen LogP contribution in [0.2, 0.25) is 0 Å². The van der Waals surface area contributed by atoms with E-state index in [4.69, 9.17) is 10.2 Å². The van der Waals surface area contributed by atoms with E-state index in [2.05, 4.69) is 4.90 Å². The van der Waals surface area contributed by atoms with Gasteiger partial charge in [-0.15, -0.1) is 0 Å². The number of likely N-dealkylation sites (tertiary alicyclic amines) is 1. The summed E-state index contributed by atoms with van der Waals surface area (Å²) >= 11 is 0. The third kappa shape index (κ3) is 1.68. The molecule has 0 amide bonds. The van der Waals surface area contributed by atoms with E-state index in [1.807, 2.05) is 0 Å². The zero-order valence-corrected chi connectivity index (χ0v) is 6.16. The number of rotatable bonds is 3. The summed E-state index contributed by atoms with van der Waals surface area (Å²) in [6.07, 6.45) is 2.24. The minimum Gasteiger partial charge on any atom is -0.395 e. The van der Waals surface area contributed by atoms with Gasteiger partial charge < -0.3 is 10.2 Å². The quantitative estimate of drug-likeness (QED) is 0.559. The highest BCUT2D eigenvalue weighted by molar-refractivity contribution is 4.77. The van der Waals surface area contributed by atoms with E-state index < -0.39 is 0 Å². The van der Waals surface area contributed by atoms with Crippen LogP contribution in [0.5, 0.6) is 0 Å². The van der Waals surface area contributed by atoms with Gasteiger partial charge in [-0.3, -0.25) is 4.90 Å². The van der Waals surface area contributed by atoms with Crippen LogP contribution < -0.4 is 0 Å². The van der Waals surface area contributed by atoms with Gasteiger partial charge in [0.1, 0.15) is 0 Å². The molecular formula is C7H15NO2. The maximum atomic E-state index is 8.84. The number of β-amino-alcohol motifs (C(OH)–C–C–N with tert-alkyl or cyclic N) is 1. The Bertz CT molecular complexity index is 97.6. The van der Waals surface area contributed by atoms with Gasteiger partial charge in [-0.1, -0.05) is 0 Å². The molecule has 0 bridgehead atoms. The fourth-order valence-corrected chi connectivity index (χ4v) is 1.52. The number of hydrogen-bond donors (Lipinski definition) is 2. The Labute approximate surface area is 61.3 Å². The molecule has 1 rings (SSSR count). The van der Waals surface area contributed by atoms with Crippen LogP contribution in [-0.4, -0.2) is 47.5 Å². The normalized spacial score (nSPS) is 27.6. The minimum atomic E-state index is 0.205. The summed E-state index contributed by atoms with van der Waals surface area (Å²) in [5, 5.41) is 17.5. The zero-order valence-electron chi connectivity index (χ0n) is 6.16. The van der Waals surface area contributed by atoms with Crippen LogP contribution >= 0.6 is 0 Å². The molecule has 0 spiro atoms. The van der Waals surface area contributed by atoms with Crippen molar-refractivity contribution < 1.29 is 10.2 Å². The van der Waals surface area contributed by atoms with Crippen molar-refractivity contribution in [2.24, 2.45) is 0 Å². The fourth-order valence-electron chi connectivity index (χ4n) is 1.52. The van der Waals surface area contributed by atoms with Crippen molar-refractivity contribution >= 4 is 0 Å². The monoisotopic (exact) mass is 145 g/mol. The van der Waals surface area contributed by atoms with Crippen molar-refractivity contribution in [3.05, 3.63) is 0 Å². The third-order valence-electron chi connectivity index (χ3n) is 2.10. The second-order valence-electron chi connectivity index (χ2n) is 2.74. The fraction of sp³-hybridized carbons (Fsp3) is 1.00. The van der Waals surface area contributed by atoms with Gasteiger partial charge in [0.2, 0.25) is 0 Å². The van der Waals surface area contributed by atoms with Crippen molar-refractivity contribution in [2.45, 2.75) is 18.9 Å². The lowest BCUT2D eigenvalue weighted by atomic mass is 10.2. The van der Waals surface area contributed by atoms with E-state index >= 15 is 0 Å². The van der Waals surface area contributed by atoms with Gasteiger partial charge in [0.25, 0.3) is 0 Å². The largest absolute Gasteiger partial charge is 0.395 e. The lowest BCUT2D eigenvalue weighted by molar-refractivity contribution is 0.134. The molecule has 3 nitrogen and oxygen atoms in total. The molecule has 1 heterocycles. The van der Waals surface area contributed by atoms with Crippen LogP contribution in [0.3, 0.4) is 0 Å². The van der Waals surface area contributed by atoms with E-state index in [0.29, 0.717) is 12.6 Å². The molecular weight excluding hydrogens is 130 g/mol.